The van der Waals surface area contributed by atoms with Gasteiger partial charge in [0.15, 0.2) is 0 Å². The van der Waals surface area contributed by atoms with Crippen LogP contribution in [-0.2, 0) is 17.9 Å². The highest BCUT2D eigenvalue weighted by Gasteiger charge is 2.54. The van der Waals surface area contributed by atoms with Crippen molar-refractivity contribution in [3.8, 4) is 0 Å². The lowest BCUT2D eigenvalue weighted by Gasteiger charge is -2.34. The molecule has 1 N–H and O–H groups in total. The van der Waals surface area contributed by atoms with Gasteiger partial charge in [-0.2, -0.15) is 0 Å². The van der Waals surface area contributed by atoms with Crippen molar-refractivity contribution in [1.29, 1.82) is 0 Å². The number of carbonyl (C=O) groups excluding carboxylic acids is 2. The highest BCUT2D eigenvalue weighted by atomic mass is 16.2. The van der Waals surface area contributed by atoms with Crippen molar-refractivity contribution in [2.75, 3.05) is 19.6 Å². The van der Waals surface area contributed by atoms with Crippen LogP contribution < -0.4 is 5.32 Å². The number of amides is 3. The minimum atomic E-state index is 0.0355. The average molecular weight is 411 g/mol. The van der Waals surface area contributed by atoms with Gasteiger partial charge in [0.1, 0.15) is 0 Å². The fourth-order valence-electron chi connectivity index (χ4n) is 5.99. The third-order valence-corrected chi connectivity index (χ3v) is 8.17. The normalized spacial score (nSPS) is 25.3. The molecule has 2 aliphatic heterocycles. The van der Waals surface area contributed by atoms with E-state index in [1.807, 2.05) is 17.2 Å². The van der Waals surface area contributed by atoms with Crippen molar-refractivity contribution >= 4 is 11.9 Å². The number of fused-ring (bicyclic) bond motifs is 1. The molecule has 5 rings (SSSR count). The molecule has 6 heteroatoms. The highest BCUT2D eigenvalue weighted by molar-refractivity contribution is 5.76. The summed E-state index contributed by atoms with van der Waals surface area (Å²) in [5.74, 6) is 1.58. The van der Waals surface area contributed by atoms with E-state index in [2.05, 4.69) is 15.2 Å². The molecule has 2 saturated carbocycles. The van der Waals surface area contributed by atoms with Crippen molar-refractivity contribution in [2.24, 2.45) is 17.3 Å². The fraction of sp³-hybridized carbons (Fsp3) is 0.708. The van der Waals surface area contributed by atoms with Crippen LogP contribution in [0.25, 0.3) is 0 Å². The van der Waals surface area contributed by atoms with Gasteiger partial charge in [0.25, 0.3) is 0 Å². The lowest BCUT2D eigenvalue weighted by atomic mass is 9.86. The van der Waals surface area contributed by atoms with E-state index in [-0.39, 0.29) is 6.03 Å². The Bertz CT molecular complexity index is 771. The van der Waals surface area contributed by atoms with Gasteiger partial charge in [-0.05, 0) is 66.5 Å². The van der Waals surface area contributed by atoms with E-state index < -0.39 is 0 Å². The SMILES string of the molecule is O=C(CC1CCCCC1)N1CCC2(CC1)CC2CNC(=O)N1Cc2ccncc2C1. The Balaban J connectivity index is 1.04. The van der Waals surface area contributed by atoms with E-state index in [4.69, 9.17) is 0 Å². The largest absolute Gasteiger partial charge is 0.343 e. The van der Waals surface area contributed by atoms with Gasteiger partial charge in [-0.1, -0.05) is 19.3 Å². The Labute approximate surface area is 179 Å². The third-order valence-electron chi connectivity index (χ3n) is 8.17. The quantitative estimate of drug-likeness (QED) is 0.823. The molecule has 30 heavy (non-hydrogen) atoms. The smallest absolute Gasteiger partial charge is 0.318 e. The molecule has 1 spiro atoms. The Kier molecular flexibility index (Phi) is 5.42. The molecule has 4 aliphatic rings. The third kappa shape index (κ3) is 4.06. The summed E-state index contributed by atoms with van der Waals surface area (Å²) in [6, 6.07) is 2.04. The molecule has 1 aromatic rings. The lowest BCUT2D eigenvalue weighted by molar-refractivity contribution is -0.134. The molecule has 1 unspecified atom stereocenters. The summed E-state index contributed by atoms with van der Waals surface area (Å²) in [5, 5.41) is 3.17. The number of rotatable bonds is 4. The number of pyridine rings is 1. The van der Waals surface area contributed by atoms with Gasteiger partial charge in [-0.25, -0.2) is 4.79 Å². The van der Waals surface area contributed by atoms with Crippen LogP contribution >= 0.6 is 0 Å². The number of hydrogen-bond donors (Lipinski definition) is 1. The van der Waals surface area contributed by atoms with E-state index in [9.17, 15) is 9.59 Å². The van der Waals surface area contributed by atoms with Crippen molar-refractivity contribution < 1.29 is 9.59 Å². The van der Waals surface area contributed by atoms with Gasteiger partial charge in [0.2, 0.25) is 5.91 Å². The zero-order chi connectivity index (χ0) is 20.6. The maximum atomic E-state index is 12.7. The van der Waals surface area contributed by atoms with Gasteiger partial charge >= 0.3 is 6.03 Å². The minimum Gasteiger partial charge on any atom is -0.343 e. The van der Waals surface area contributed by atoms with Crippen LogP contribution in [0.5, 0.6) is 0 Å². The molecule has 162 valence electrons. The standard InChI is InChI=1S/C24H34N4O2/c29-22(12-18-4-2-1-3-5-18)27-10-7-24(8-11-27)13-21(24)15-26-23(30)28-16-19-6-9-25-14-20(19)17-28/h6,9,14,18,21H,1-5,7-8,10-13,15-17H2,(H,26,30). The van der Waals surface area contributed by atoms with Crippen LogP contribution in [0.15, 0.2) is 18.5 Å². The summed E-state index contributed by atoms with van der Waals surface area (Å²) in [5.41, 5.74) is 2.72. The van der Waals surface area contributed by atoms with Crippen molar-refractivity contribution in [1.82, 2.24) is 20.1 Å². The zero-order valence-electron chi connectivity index (χ0n) is 17.9. The molecular formula is C24H34N4O2. The van der Waals surface area contributed by atoms with E-state index in [1.165, 1.54) is 44.1 Å². The van der Waals surface area contributed by atoms with Crippen molar-refractivity contribution in [2.45, 2.75) is 70.9 Å². The maximum Gasteiger partial charge on any atom is 0.318 e. The number of carbonyl (C=O) groups is 2. The molecule has 1 saturated heterocycles. The number of nitrogens with zero attached hydrogens (tertiary/aromatic N) is 3. The number of likely N-dealkylation sites (tertiary alicyclic amines) is 1. The number of piperidine rings is 1. The van der Waals surface area contributed by atoms with Gasteiger partial charge in [0.05, 0.1) is 0 Å². The van der Waals surface area contributed by atoms with Crippen LogP contribution in [0.1, 0.15) is 68.9 Å². The van der Waals surface area contributed by atoms with Crippen molar-refractivity contribution in [3.63, 3.8) is 0 Å². The van der Waals surface area contributed by atoms with Crippen LogP contribution in [-0.4, -0.2) is 46.4 Å². The molecule has 1 aromatic heterocycles. The summed E-state index contributed by atoms with van der Waals surface area (Å²) in [6.07, 6.45) is 14.2. The molecule has 2 aliphatic carbocycles. The maximum absolute atomic E-state index is 12.7. The van der Waals surface area contributed by atoms with Crippen LogP contribution in [0.4, 0.5) is 4.79 Å². The highest BCUT2D eigenvalue weighted by Crippen LogP contribution is 2.59. The Hall–Kier alpha value is -2.11. The second kappa shape index (κ2) is 8.20. The van der Waals surface area contributed by atoms with Gasteiger partial charge in [-0.3, -0.25) is 9.78 Å². The summed E-state index contributed by atoms with van der Waals surface area (Å²) in [4.78, 5) is 33.4. The molecule has 1 atom stereocenters. The van der Waals surface area contributed by atoms with Crippen molar-refractivity contribution in [3.05, 3.63) is 29.6 Å². The summed E-state index contributed by atoms with van der Waals surface area (Å²) >= 11 is 0. The molecular weight excluding hydrogens is 376 g/mol. The second-order valence-electron chi connectivity index (χ2n) is 10.0. The summed E-state index contributed by atoms with van der Waals surface area (Å²) in [7, 11) is 0. The number of urea groups is 1. The number of hydrogen-bond acceptors (Lipinski definition) is 3. The Morgan fingerprint density at radius 3 is 2.60 bits per heavy atom. The summed E-state index contributed by atoms with van der Waals surface area (Å²) in [6.45, 7) is 3.91. The minimum absolute atomic E-state index is 0.0355. The second-order valence-corrected chi connectivity index (χ2v) is 10.0. The number of nitrogens with one attached hydrogen (secondary N) is 1. The van der Waals surface area contributed by atoms with E-state index in [0.29, 0.717) is 36.2 Å². The molecule has 3 amide bonds. The average Bonchev–Trinajstić information content (AvgIpc) is 3.25. The van der Waals surface area contributed by atoms with Crippen LogP contribution in [0.2, 0.25) is 0 Å². The molecule has 6 nitrogen and oxygen atoms in total. The Morgan fingerprint density at radius 1 is 1.07 bits per heavy atom. The summed E-state index contributed by atoms with van der Waals surface area (Å²) < 4.78 is 0. The number of aromatic nitrogens is 1. The molecule has 3 heterocycles. The van der Waals surface area contributed by atoms with Crippen LogP contribution in [0.3, 0.4) is 0 Å². The van der Waals surface area contributed by atoms with Gasteiger partial charge < -0.3 is 15.1 Å². The molecule has 0 bridgehead atoms. The topological polar surface area (TPSA) is 65.5 Å². The lowest BCUT2D eigenvalue weighted by Crippen LogP contribution is -2.41. The monoisotopic (exact) mass is 410 g/mol. The zero-order valence-corrected chi connectivity index (χ0v) is 17.9. The predicted octanol–water partition coefficient (Wildman–Crippen LogP) is 3.71. The fourth-order valence-corrected chi connectivity index (χ4v) is 5.99. The first-order valence-electron chi connectivity index (χ1n) is 11.9. The van der Waals surface area contributed by atoms with Gasteiger partial charge in [0, 0.05) is 51.5 Å². The molecule has 0 radical (unpaired) electrons. The van der Waals surface area contributed by atoms with Gasteiger partial charge in [-0.15, -0.1) is 0 Å². The molecule has 0 aromatic carbocycles. The van der Waals surface area contributed by atoms with E-state index in [1.54, 1.807) is 6.20 Å². The van der Waals surface area contributed by atoms with E-state index >= 15 is 0 Å². The first-order valence-corrected chi connectivity index (χ1v) is 11.9. The predicted molar refractivity (Wildman–Crippen MR) is 114 cm³/mol. The Morgan fingerprint density at radius 2 is 1.83 bits per heavy atom. The first-order chi connectivity index (χ1) is 14.6. The van der Waals surface area contributed by atoms with Crippen LogP contribution in [0, 0.1) is 17.3 Å². The first kappa shape index (κ1) is 19.8. The van der Waals surface area contributed by atoms with E-state index in [0.717, 1.165) is 44.5 Å². The molecule has 3 fully saturated rings.